The molecule has 0 unspecified atom stereocenters. The highest BCUT2D eigenvalue weighted by Crippen LogP contribution is 2.48. The normalized spacial score (nSPS) is 22.6. The van der Waals surface area contributed by atoms with E-state index in [1.54, 1.807) is 12.1 Å². The number of benzene rings is 1. The molecule has 0 saturated heterocycles. The Kier molecular flexibility index (Phi) is 3.62. The van der Waals surface area contributed by atoms with Crippen molar-refractivity contribution in [3.63, 3.8) is 0 Å². The number of carbonyl (C=O) groups is 1. The largest absolute Gasteiger partial charge is 0.333 e. The molecule has 2 heterocycles. The van der Waals surface area contributed by atoms with Crippen LogP contribution in [0, 0.1) is 11.7 Å². The van der Waals surface area contributed by atoms with Gasteiger partial charge in [-0.3, -0.25) is 4.79 Å². The van der Waals surface area contributed by atoms with Crippen molar-refractivity contribution in [1.29, 1.82) is 0 Å². The fourth-order valence-electron chi connectivity index (χ4n) is 3.60. The zero-order valence-electron chi connectivity index (χ0n) is 13.9. The highest BCUT2D eigenvalue weighted by atomic mass is 19.1. The van der Waals surface area contributed by atoms with Gasteiger partial charge in [-0.1, -0.05) is 26.0 Å². The molecule has 1 saturated carbocycles. The third-order valence-corrected chi connectivity index (χ3v) is 4.99. The number of nitrogens with zero attached hydrogens (tertiary/aromatic N) is 4. The van der Waals surface area contributed by atoms with Crippen LogP contribution in [0.1, 0.15) is 49.3 Å². The lowest BCUT2D eigenvalue weighted by Gasteiger charge is -2.28. The second kappa shape index (κ2) is 5.69. The highest BCUT2D eigenvalue weighted by molar-refractivity contribution is 5.83. The molecule has 2 aromatic rings. The summed E-state index contributed by atoms with van der Waals surface area (Å²) < 4.78 is 15.5. The van der Waals surface area contributed by atoms with Crippen molar-refractivity contribution in [3.05, 3.63) is 47.3 Å². The van der Waals surface area contributed by atoms with Crippen molar-refractivity contribution in [2.24, 2.45) is 5.92 Å². The first-order valence-corrected chi connectivity index (χ1v) is 8.51. The lowest BCUT2D eigenvalue weighted by molar-refractivity contribution is -0.134. The van der Waals surface area contributed by atoms with Crippen LogP contribution in [0.25, 0.3) is 0 Å². The molecule has 0 spiro atoms. The van der Waals surface area contributed by atoms with Crippen molar-refractivity contribution in [2.45, 2.75) is 45.2 Å². The average molecular weight is 328 g/mol. The monoisotopic (exact) mass is 328 g/mol. The van der Waals surface area contributed by atoms with E-state index in [1.807, 2.05) is 11.0 Å². The van der Waals surface area contributed by atoms with E-state index in [0.29, 0.717) is 19.0 Å². The molecule has 1 aromatic carbocycles. The molecular formula is C18H21FN4O. The van der Waals surface area contributed by atoms with E-state index in [2.05, 4.69) is 28.6 Å². The predicted octanol–water partition coefficient (Wildman–Crippen LogP) is 2.69. The molecule has 126 valence electrons. The van der Waals surface area contributed by atoms with E-state index in [9.17, 15) is 9.18 Å². The minimum absolute atomic E-state index is 0.0224. The Labute approximate surface area is 140 Å². The van der Waals surface area contributed by atoms with Gasteiger partial charge in [0, 0.05) is 24.9 Å². The molecule has 1 amide bonds. The molecule has 0 bridgehead atoms. The number of fused-ring (bicyclic) bond motifs is 1. The lowest BCUT2D eigenvalue weighted by Crippen LogP contribution is -2.39. The molecule has 1 fully saturated rings. The van der Waals surface area contributed by atoms with Crippen LogP contribution in [-0.2, 0) is 17.9 Å². The van der Waals surface area contributed by atoms with E-state index in [4.69, 9.17) is 0 Å². The zero-order chi connectivity index (χ0) is 16.8. The van der Waals surface area contributed by atoms with Gasteiger partial charge in [-0.2, -0.15) is 0 Å². The van der Waals surface area contributed by atoms with Crippen molar-refractivity contribution in [2.75, 3.05) is 6.54 Å². The van der Waals surface area contributed by atoms with Crippen LogP contribution in [0.5, 0.6) is 0 Å². The summed E-state index contributed by atoms with van der Waals surface area (Å²) in [5, 5.41) is 8.51. The SMILES string of the molecule is CC(C)c1nnc2n1CCN(C(=O)[C@@H]1C[C@@H]1c1cccc(F)c1)C2. The molecule has 5 nitrogen and oxygen atoms in total. The second-order valence-electron chi connectivity index (χ2n) is 7.04. The average Bonchev–Trinajstić information content (AvgIpc) is 3.25. The maximum absolute atomic E-state index is 13.4. The summed E-state index contributed by atoms with van der Waals surface area (Å²) in [7, 11) is 0. The fourth-order valence-corrected chi connectivity index (χ4v) is 3.60. The molecule has 24 heavy (non-hydrogen) atoms. The third kappa shape index (κ3) is 2.60. The molecule has 1 aliphatic carbocycles. The summed E-state index contributed by atoms with van der Waals surface area (Å²) in [5.74, 6) is 2.23. The minimum Gasteiger partial charge on any atom is -0.333 e. The molecule has 1 aliphatic heterocycles. The van der Waals surface area contributed by atoms with Gasteiger partial charge < -0.3 is 9.47 Å². The second-order valence-corrected chi connectivity index (χ2v) is 7.04. The molecule has 0 radical (unpaired) electrons. The lowest BCUT2D eigenvalue weighted by atomic mass is 10.1. The molecule has 1 aromatic heterocycles. The van der Waals surface area contributed by atoms with Gasteiger partial charge in [0.2, 0.25) is 5.91 Å². The number of amides is 1. The van der Waals surface area contributed by atoms with Crippen LogP contribution in [0.15, 0.2) is 24.3 Å². The quantitative estimate of drug-likeness (QED) is 0.870. The number of hydrogen-bond acceptors (Lipinski definition) is 3. The van der Waals surface area contributed by atoms with E-state index in [-0.39, 0.29) is 23.6 Å². The fraction of sp³-hybridized carbons (Fsp3) is 0.500. The Hall–Kier alpha value is -2.24. The van der Waals surface area contributed by atoms with Crippen molar-refractivity contribution in [3.8, 4) is 0 Å². The summed E-state index contributed by atoms with van der Waals surface area (Å²) in [6.45, 7) is 6.16. The van der Waals surface area contributed by atoms with Crippen LogP contribution in [0.3, 0.4) is 0 Å². The predicted molar refractivity (Wildman–Crippen MR) is 86.8 cm³/mol. The number of aromatic nitrogens is 3. The molecular weight excluding hydrogens is 307 g/mol. The summed E-state index contributed by atoms with van der Waals surface area (Å²) in [6.07, 6.45) is 0.808. The Morgan fingerprint density at radius 3 is 2.88 bits per heavy atom. The van der Waals surface area contributed by atoms with Gasteiger partial charge in [0.15, 0.2) is 5.82 Å². The smallest absolute Gasteiger partial charge is 0.226 e. The molecule has 2 atom stereocenters. The maximum Gasteiger partial charge on any atom is 0.226 e. The van der Waals surface area contributed by atoms with E-state index in [0.717, 1.165) is 30.2 Å². The molecule has 4 rings (SSSR count). The standard InChI is InChI=1S/C18H21FN4O/c1-11(2)17-21-20-16-10-22(6-7-23(16)17)18(24)15-9-14(15)12-4-3-5-13(19)8-12/h3-5,8,11,14-15H,6-7,9-10H2,1-2H3/t14-,15-/m1/s1. The van der Waals surface area contributed by atoms with E-state index in [1.165, 1.54) is 6.07 Å². The first-order valence-electron chi connectivity index (χ1n) is 8.51. The van der Waals surface area contributed by atoms with Gasteiger partial charge in [0.05, 0.1) is 6.54 Å². The Morgan fingerprint density at radius 2 is 2.12 bits per heavy atom. The van der Waals surface area contributed by atoms with E-state index < -0.39 is 0 Å². The number of carbonyl (C=O) groups excluding carboxylic acids is 1. The summed E-state index contributed by atoms with van der Waals surface area (Å²) >= 11 is 0. The van der Waals surface area contributed by atoms with Gasteiger partial charge in [-0.25, -0.2) is 4.39 Å². The Bertz CT molecular complexity index is 785. The third-order valence-electron chi connectivity index (χ3n) is 4.99. The summed E-state index contributed by atoms with van der Waals surface area (Å²) in [5.41, 5.74) is 0.927. The van der Waals surface area contributed by atoms with Crippen molar-refractivity contribution >= 4 is 5.91 Å². The number of hydrogen-bond donors (Lipinski definition) is 0. The van der Waals surface area contributed by atoms with Crippen LogP contribution in [-0.4, -0.2) is 32.1 Å². The Morgan fingerprint density at radius 1 is 1.29 bits per heavy atom. The first-order chi connectivity index (χ1) is 11.5. The van der Waals surface area contributed by atoms with Gasteiger partial charge in [-0.15, -0.1) is 10.2 Å². The first kappa shape index (κ1) is 15.3. The summed E-state index contributed by atoms with van der Waals surface area (Å²) in [6, 6.07) is 6.59. The maximum atomic E-state index is 13.4. The van der Waals surface area contributed by atoms with Gasteiger partial charge in [0.1, 0.15) is 11.6 Å². The topological polar surface area (TPSA) is 51.0 Å². The minimum atomic E-state index is -0.238. The molecule has 0 N–H and O–H groups in total. The zero-order valence-corrected chi connectivity index (χ0v) is 13.9. The van der Waals surface area contributed by atoms with Gasteiger partial charge >= 0.3 is 0 Å². The van der Waals surface area contributed by atoms with Crippen LogP contribution >= 0.6 is 0 Å². The number of rotatable bonds is 3. The Balaban J connectivity index is 1.45. The number of halogens is 1. The highest BCUT2D eigenvalue weighted by Gasteiger charge is 2.46. The molecule has 2 aliphatic rings. The van der Waals surface area contributed by atoms with E-state index >= 15 is 0 Å². The molecule has 6 heteroatoms. The van der Waals surface area contributed by atoms with Crippen LogP contribution < -0.4 is 0 Å². The van der Waals surface area contributed by atoms with Gasteiger partial charge in [0.25, 0.3) is 0 Å². The van der Waals surface area contributed by atoms with Crippen molar-refractivity contribution in [1.82, 2.24) is 19.7 Å². The van der Waals surface area contributed by atoms with Crippen LogP contribution in [0.4, 0.5) is 4.39 Å². The van der Waals surface area contributed by atoms with Crippen molar-refractivity contribution < 1.29 is 9.18 Å². The van der Waals surface area contributed by atoms with Gasteiger partial charge in [-0.05, 0) is 30.0 Å². The van der Waals surface area contributed by atoms with Crippen LogP contribution in [0.2, 0.25) is 0 Å². The summed E-state index contributed by atoms with van der Waals surface area (Å²) in [4.78, 5) is 14.6.